The van der Waals surface area contributed by atoms with Gasteiger partial charge in [-0.05, 0) is 25.5 Å². The number of nitrogens with zero attached hydrogens (tertiary/aromatic N) is 1. The fraction of sp³-hybridized carbons (Fsp3) is 0.545. The van der Waals surface area contributed by atoms with Crippen molar-refractivity contribution in [2.75, 3.05) is 19.0 Å². The van der Waals surface area contributed by atoms with E-state index in [-0.39, 0.29) is 6.10 Å². The number of ether oxygens (including phenoxy) is 2. The van der Waals surface area contributed by atoms with E-state index in [9.17, 15) is 0 Å². The molecule has 1 saturated heterocycles. The number of hydrogen-bond donors (Lipinski definition) is 1. The van der Waals surface area contributed by atoms with Gasteiger partial charge in [-0.3, -0.25) is 0 Å². The number of rotatable bonds is 3. The van der Waals surface area contributed by atoms with Crippen molar-refractivity contribution in [3.8, 4) is 5.75 Å². The minimum atomic E-state index is 0.233. The van der Waals surface area contributed by atoms with E-state index >= 15 is 0 Å². The second kappa shape index (κ2) is 4.49. The van der Waals surface area contributed by atoms with Crippen LogP contribution in [0.25, 0.3) is 0 Å². The van der Waals surface area contributed by atoms with Crippen molar-refractivity contribution in [3.63, 3.8) is 0 Å². The van der Waals surface area contributed by atoms with Gasteiger partial charge >= 0.3 is 0 Å². The largest absolute Gasteiger partial charge is 0.493 e. The second-order valence-corrected chi connectivity index (χ2v) is 3.67. The van der Waals surface area contributed by atoms with Gasteiger partial charge in [0.15, 0.2) is 11.6 Å². The van der Waals surface area contributed by atoms with Gasteiger partial charge in [0.25, 0.3) is 0 Å². The molecule has 2 heterocycles. The molecule has 1 aromatic heterocycles. The topological polar surface area (TPSA) is 43.4 Å². The summed E-state index contributed by atoms with van der Waals surface area (Å²) in [6, 6.07) is 4.09. The van der Waals surface area contributed by atoms with Gasteiger partial charge in [-0.25, -0.2) is 4.98 Å². The van der Waals surface area contributed by atoms with Crippen molar-refractivity contribution in [3.05, 3.63) is 18.3 Å². The van der Waals surface area contributed by atoms with Gasteiger partial charge in [-0.15, -0.1) is 0 Å². The number of pyridine rings is 1. The zero-order chi connectivity index (χ0) is 10.7. The Kier molecular flexibility index (Phi) is 3.06. The maximum Gasteiger partial charge on any atom is 0.169 e. The lowest BCUT2D eigenvalue weighted by atomic mass is 10.1. The molecule has 0 radical (unpaired) electrons. The average Bonchev–Trinajstić information content (AvgIpc) is 2.65. The van der Waals surface area contributed by atoms with Crippen LogP contribution in [0.1, 0.15) is 13.3 Å². The van der Waals surface area contributed by atoms with E-state index in [1.165, 1.54) is 0 Å². The van der Waals surface area contributed by atoms with E-state index in [0.29, 0.717) is 6.04 Å². The third-order valence-corrected chi connectivity index (χ3v) is 2.69. The Balaban J connectivity index is 2.09. The summed E-state index contributed by atoms with van der Waals surface area (Å²) in [5, 5.41) is 3.35. The number of aromatic nitrogens is 1. The number of nitrogens with one attached hydrogen (secondary N) is 1. The summed E-state index contributed by atoms with van der Waals surface area (Å²) in [7, 11) is 1.65. The summed E-state index contributed by atoms with van der Waals surface area (Å²) in [6.45, 7) is 2.88. The molecule has 1 aliphatic heterocycles. The molecule has 0 aliphatic carbocycles. The van der Waals surface area contributed by atoms with Gasteiger partial charge in [0.05, 0.1) is 19.3 Å². The summed E-state index contributed by atoms with van der Waals surface area (Å²) in [4.78, 5) is 4.26. The zero-order valence-corrected chi connectivity index (χ0v) is 9.06. The predicted octanol–water partition coefficient (Wildman–Crippen LogP) is 1.68. The van der Waals surface area contributed by atoms with Gasteiger partial charge in [0.1, 0.15) is 0 Å². The van der Waals surface area contributed by atoms with E-state index in [0.717, 1.165) is 24.6 Å². The first-order valence-corrected chi connectivity index (χ1v) is 5.18. The monoisotopic (exact) mass is 208 g/mol. The Labute approximate surface area is 89.6 Å². The van der Waals surface area contributed by atoms with Crippen LogP contribution in [0.4, 0.5) is 5.82 Å². The predicted molar refractivity (Wildman–Crippen MR) is 58.2 cm³/mol. The Bertz CT molecular complexity index is 330. The minimum absolute atomic E-state index is 0.233. The molecule has 2 atom stereocenters. The lowest BCUT2D eigenvalue weighted by Crippen LogP contribution is -2.27. The first-order chi connectivity index (χ1) is 7.31. The highest BCUT2D eigenvalue weighted by Crippen LogP contribution is 2.24. The van der Waals surface area contributed by atoms with Gasteiger partial charge in [-0.1, -0.05) is 0 Å². The van der Waals surface area contributed by atoms with Crippen LogP contribution >= 0.6 is 0 Å². The average molecular weight is 208 g/mol. The molecule has 2 unspecified atom stereocenters. The summed E-state index contributed by atoms with van der Waals surface area (Å²) < 4.78 is 10.7. The van der Waals surface area contributed by atoms with E-state index in [2.05, 4.69) is 17.2 Å². The van der Waals surface area contributed by atoms with Gasteiger partial charge in [-0.2, -0.15) is 0 Å². The fourth-order valence-electron chi connectivity index (χ4n) is 1.76. The molecule has 4 nitrogen and oxygen atoms in total. The molecule has 4 heteroatoms. The van der Waals surface area contributed by atoms with Crippen LogP contribution in [-0.4, -0.2) is 30.8 Å². The molecular formula is C11H16N2O2. The molecule has 1 aliphatic rings. The van der Waals surface area contributed by atoms with Crippen LogP contribution in [0.5, 0.6) is 5.75 Å². The molecule has 0 spiro atoms. The number of hydrogen-bond acceptors (Lipinski definition) is 4. The number of methoxy groups -OCH3 is 1. The highest BCUT2D eigenvalue weighted by Gasteiger charge is 2.24. The summed E-state index contributed by atoms with van der Waals surface area (Å²) in [5.41, 5.74) is 0. The molecule has 1 fully saturated rings. The smallest absolute Gasteiger partial charge is 0.169 e. The van der Waals surface area contributed by atoms with Gasteiger partial charge in [0, 0.05) is 12.8 Å². The third-order valence-electron chi connectivity index (χ3n) is 2.69. The first-order valence-electron chi connectivity index (χ1n) is 5.18. The van der Waals surface area contributed by atoms with E-state index in [1.807, 2.05) is 12.1 Å². The van der Waals surface area contributed by atoms with Crippen LogP contribution in [0, 0.1) is 0 Å². The Hall–Kier alpha value is -1.29. The fourth-order valence-corrected chi connectivity index (χ4v) is 1.76. The van der Waals surface area contributed by atoms with Crippen molar-refractivity contribution >= 4 is 5.82 Å². The van der Waals surface area contributed by atoms with E-state index in [1.54, 1.807) is 13.3 Å². The van der Waals surface area contributed by atoms with Crippen molar-refractivity contribution in [1.29, 1.82) is 0 Å². The Morgan fingerprint density at radius 3 is 3.13 bits per heavy atom. The van der Waals surface area contributed by atoms with Crippen LogP contribution in [0.15, 0.2) is 18.3 Å². The SMILES string of the molecule is COc1cccnc1NC1CCOC1C. The van der Waals surface area contributed by atoms with Crippen LogP contribution in [-0.2, 0) is 4.74 Å². The number of anilines is 1. The van der Waals surface area contributed by atoms with Crippen molar-refractivity contribution < 1.29 is 9.47 Å². The zero-order valence-electron chi connectivity index (χ0n) is 9.06. The molecule has 15 heavy (non-hydrogen) atoms. The molecule has 1 N–H and O–H groups in total. The molecule has 2 rings (SSSR count). The maximum atomic E-state index is 5.48. The first kappa shape index (κ1) is 10.2. The van der Waals surface area contributed by atoms with Gasteiger partial charge in [0.2, 0.25) is 0 Å². The maximum absolute atomic E-state index is 5.48. The molecule has 0 bridgehead atoms. The normalized spacial score (nSPS) is 25.2. The molecule has 0 saturated carbocycles. The molecular weight excluding hydrogens is 192 g/mol. The Morgan fingerprint density at radius 2 is 2.47 bits per heavy atom. The van der Waals surface area contributed by atoms with E-state index in [4.69, 9.17) is 9.47 Å². The van der Waals surface area contributed by atoms with Crippen LogP contribution in [0.2, 0.25) is 0 Å². The van der Waals surface area contributed by atoms with Crippen LogP contribution < -0.4 is 10.1 Å². The summed E-state index contributed by atoms with van der Waals surface area (Å²) in [6.07, 6.45) is 3.00. The van der Waals surface area contributed by atoms with Crippen LogP contribution in [0.3, 0.4) is 0 Å². The van der Waals surface area contributed by atoms with Crippen molar-refractivity contribution in [1.82, 2.24) is 4.98 Å². The van der Waals surface area contributed by atoms with Gasteiger partial charge < -0.3 is 14.8 Å². The van der Waals surface area contributed by atoms with Crippen molar-refractivity contribution in [2.24, 2.45) is 0 Å². The second-order valence-electron chi connectivity index (χ2n) is 3.67. The summed E-state index contributed by atoms with van der Waals surface area (Å²) >= 11 is 0. The van der Waals surface area contributed by atoms with E-state index < -0.39 is 0 Å². The molecule has 0 aromatic carbocycles. The highest BCUT2D eigenvalue weighted by atomic mass is 16.5. The standard InChI is InChI=1S/C11H16N2O2/c1-8-9(5-7-15-8)13-11-10(14-2)4-3-6-12-11/h3-4,6,8-9H,5,7H2,1-2H3,(H,12,13). The summed E-state index contributed by atoms with van der Waals surface area (Å²) in [5.74, 6) is 1.57. The molecule has 1 aromatic rings. The van der Waals surface area contributed by atoms with Crippen molar-refractivity contribution in [2.45, 2.75) is 25.5 Å². The lowest BCUT2D eigenvalue weighted by molar-refractivity contribution is 0.121. The minimum Gasteiger partial charge on any atom is -0.493 e. The molecule has 82 valence electrons. The third kappa shape index (κ3) is 2.21. The highest BCUT2D eigenvalue weighted by molar-refractivity contribution is 5.50. The Morgan fingerprint density at radius 1 is 1.60 bits per heavy atom. The molecule has 0 amide bonds. The lowest BCUT2D eigenvalue weighted by Gasteiger charge is -2.17. The quantitative estimate of drug-likeness (QED) is 0.820.